The molecule has 31 heavy (non-hydrogen) atoms. The number of benzene rings is 2. The second-order valence-corrected chi connectivity index (χ2v) is 9.02. The third-order valence-electron chi connectivity index (χ3n) is 5.42. The summed E-state index contributed by atoms with van der Waals surface area (Å²) < 4.78 is 14.8. The van der Waals surface area contributed by atoms with Gasteiger partial charge in [-0.05, 0) is 66.1 Å². The predicted molar refractivity (Wildman–Crippen MR) is 121 cm³/mol. The number of hydrogen-bond acceptors (Lipinski definition) is 4. The van der Waals surface area contributed by atoms with Gasteiger partial charge in [0, 0.05) is 28.7 Å². The van der Waals surface area contributed by atoms with E-state index in [0.717, 1.165) is 18.4 Å². The van der Waals surface area contributed by atoms with Gasteiger partial charge >= 0.3 is 0 Å². The third-order valence-corrected chi connectivity index (χ3v) is 6.11. The maximum atomic E-state index is 14.8. The van der Waals surface area contributed by atoms with Gasteiger partial charge in [0.2, 0.25) is 0 Å². The Hall–Kier alpha value is -3.06. The molecule has 1 aromatic heterocycles. The number of hydrogen-bond donors (Lipinski definition) is 2. The molecule has 2 amide bonds. The first-order valence-corrected chi connectivity index (χ1v) is 11.2. The van der Waals surface area contributed by atoms with Crippen LogP contribution in [0.2, 0.25) is 0 Å². The van der Waals surface area contributed by atoms with Gasteiger partial charge in [-0.3, -0.25) is 14.9 Å². The summed E-state index contributed by atoms with van der Waals surface area (Å²) in [5, 5.41) is 7.98. The van der Waals surface area contributed by atoms with Gasteiger partial charge in [0.25, 0.3) is 11.8 Å². The van der Waals surface area contributed by atoms with Crippen LogP contribution in [0.4, 0.5) is 9.52 Å². The molecule has 0 saturated heterocycles. The molecule has 160 valence electrons. The fraction of sp³-hybridized carbons (Fsp3) is 0.292. The van der Waals surface area contributed by atoms with Crippen molar-refractivity contribution in [1.29, 1.82) is 0 Å². The second-order valence-electron chi connectivity index (χ2n) is 8.13. The molecule has 0 unspecified atom stereocenters. The highest BCUT2D eigenvalue weighted by atomic mass is 32.1. The highest BCUT2D eigenvalue weighted by molar-refractivity contribution is 7.13. The lowest BCUT2D eigenvalue weighted by Crippen LogP contribution is -2.25. The van der Waals surface area contributed by atoms with E-state index in [1.165, 1.54) is 17.4 Å². The van der Waals surface area contributed by atoms with Crippen molar-refractivity contribution in [1.82, 2.24) is 10.3 Å². The third kappa shape index (κ3) is 4.66. The van der Waals surface area contributed by atoms with Crippen molar-refractivity contribution in [3.63, 3.8) is 0 Å². The molecule has 3 aromatic rings. The van der Waals surface area contributed by atoms with E-state index in [2.05, 4.69) is 15.6 Å². The lowest BCUT2D eigenvalue weighted by molar-refractivity contribution is 0.0950. The van der Waals surface area contributed by atoms with Gasteiger partial charge in [0.15, 0.2) is 5.13 Å². The first kappa shape index (κ1) is 21.2. The Labute approximate surface area is 184 Å². The molecule has 5 nitrogen and oxygen atoms in total. The first-order valence-electron chi connectivity index (χ1n) is 10.3. The van der Waals surface area contributed by atoms with Crippen molar-refractivity contribution in [2.75, 3.05) is 5.32 Å². The topological polar surface area (TPSA) is 71.1 Å². The number of amides is 2. The fourth-order valence-corrected chi connectivity index (χ4v) is 3.90. The molecule has 2 N–H and O–H groups in total. The summed E-state index contributed by atoms with van der Waals surface area (Å²) >= 11 is 1.33. The average Bonchev–Trinajstić information content (AvgIpc) is 3.41. The molecule has 1 fully saturated rings. The van der Waals surface area contributed by atoms with Gasteiger partial charge in [0.1, 0.15) is 5.82 Å². The number of carbonyl (C=O) groups excluding carboxylic acids is 2. The molecule has 0 spiro atoms. The number of rotatable bonds is 6. The van der Waals surface area contributed by atoms with Gasteiger partial charge in [0.05, 0.1) is 0 Å². The Morgan fingerprint density at radius 2 is 1.90 bits per heavy atom. The number of nitrogens with one attached hydrogen (secondary N) is 2. The first-order chi connectivity index (χ1) is 14.8. The molecule has 0 radical (unpaired) electrons. The van der Waals surface area contributed by atoms with E-state index in [1.807, 2.05) is 32.0 Å². The lowest BCUT2D eigenvalue weighted by atomic mass is 9.90. The van der Waals surface area contributed by atoms with Gasteiger partial charge in [-0.2, -0.15) is 0 Å². The van der Waals surface area contributed by atoms with Crippen molar-refractivity contribution >= 4 is 28.3 Å². The van der Waals surface area contributed by atoms with E-state index < -0.39 is 5.82 Å². The Balaban J connectivity index is 1.79. The summed E-state index contributed by atoms with van der Waals surface area (Å²) in [5.41, 5.74) is 3.17. The maximum absolute atomic E-state index is 14.8. The number of thiazole rings is 1. The quantitative estimate of drug-likeness (QED) is 0.533. The zero-order valence-corrected chi connectivity index (χ0v) is 18.5. The summed E-state index contributed by atoms with van der Waals surface area (Å²) in [4.78, 5) is 29.8. The molecule has 0 atom stereocenters. The van der Waals surface area contributed by atoms with E-state index in [9.17, 15) is 14.0 Å². The summed E-state index contributed by atoms with van der Waals surface area (Å²) in [6, 6.07) is 8.70. The van der Waals surface area contributed by atoms with Gasteiger partial charge < -0.3 is 5.32 Å². The largest absolute Gasteiger partial charge is 0.349 e. The lowest BCUT2D eigenvalue weighted by Gasteiger charge is -2.16. The zero-order chi connectivity index (χ0) is 22.1. The number of anilines is 1. The molecule has 1 aliphatic rings. The van der Waals surface area contributed by atoms with Crippen LogP contribution in [0.15, 0.2) is 41.9 Å². The summed E-state index contributed by atoms with van der Waals surface area (Å²) in [6.45, 7) is 5.75. The van der Waals surface area contributed by atoms with Crippen LogP contribution in [0, 0.1) is 12.7 Å². The van der Waals surface area contributed by atoms with Crippen LogP contribution < -0.4 is 10.6 Å². The Morgan fingerprint density at radius 3 is 2.55 bits per heavy atom. The molecular formula is C24H24FN3O2S. The Morgan fingerprint density at radius 1 is 1.13 bits per heavy atom. The zero-order valence-electron chi connectivity index (χ0n) is 17.7. The monoisotopic (exact) mass is 437 g/mol. The molecule has 1 heterocycles. The minimum absolute atomic E-state index is 0.172. The fourth-order valence-electron chi connectivity index (χ4n) is 3.38. The Bertz CT molecular complexity index is 1140. The van der Waals surface area contributed by atoms with Gasteiger partial charge in [-0.1, -0.05) is 26.0 Å². The predicted octanol–water partition coefficient (Wildman–Crippen LogP) is 5.53. The molecule has 0 bridgehead atoms. The standard InChI is InChI=1S/C24H24FN3O2S/c1-13(2)15-4-7-18(20(10-15)23(30)28-24-26-8-9-31-24)19-11-16(12-21(25)14(19)3)22(29)27-17-5-6-17/h4,7-13,17H,5-6H2,1-3H3,(H,27,29)(H,26,28,30). The molecule has 2 aromatic carbocycles. The molecule has 1 saturated carbocycles. The van der Waals surface area contributed by atoms with E-state index in [0.29, 0.717) is 27.4 Å². The molecular weight excluding hydrogens is 413 g/mol. The number of halogens is 1. The summed E-state index contributed by atoms with van der Waals surface area (Å²) in [5.74, 6) is -0.873. The van der Waals surface area contributed by atoms with E-state index in [4.69, 9.17) is 0 Å². The summed E-state index contributed by atoms with van der Waals surface area (Å²) in [7, 11) is 0. The van der Waals surface area contributed by atoms with E-state index in [1.54, 1.807) is 24.6 Å². The average molecular weight is 438 g/mol. The normalized spacial score (nSPS) is 13.3. The van der Waals surface area contributed by atoms with Gasteiger partial charge in [-0.15, -0.1) is 11.3 Å². The minimum atomic E-state index is -0.474. The van der Waals surface area contributed by atoms with E-state index in [-0.39, 0.29) is 29.3 Å². The van der Waals surface area contributed by atoms with Crippen LogP contribution in [0.5, 0.6) is 0 Å². The van der Waals surface area contributed by atoms with Crippen molar-refractivity contribution < 1.29 is 14.0 Å². The van der Waals surface area contributed by atoms with Crippen LogP contribution in [0.25, 0.3) is 11.1 Å². The van der Waals surface area contributed by atoms with Crippen LogP contribution >= 0.6 is 11.3 Å². The Kier molecular flexibility index (Phi) is 5.87. The van der Waals surface area contributed by atoms with Crippen LogP contribution in [0.1, 0.15) is 64.4 Å². The highest BCUT2D eigenvalue weighted by Gasteiger charge is 2.25. The van der Waals surface area contributed by atoms with Gasteiger partial charge in [-0.25, -0.2) is 9.37 Å². The maximum Gasteiger partial charge on any atom is 0.258 e. The number of aromatic nitrogens is 1. The number of carbonyl (C=O) groups is 2. The molecule has 0 aliphatic heterocycles. The van der Waals surface area contributed by atoms with Crippen LogP contribution in [-0.2, 0) is 0 Å². The molecule has 4 rings (SSSR count). The van der Waals surface area contributed by atoms with Crippen LogP contribution in [-0.4, -0.2) is 22.8 Å². The van der Waals surface area contributed by atoms with Crippen molar-refractivity contribution in [3.8, 4) is 11.1 Å². The van der Waals surface area contributed by atoms with Crippen LogP contribution in [0.3, 0.4) is 0 Å². The van der Waals surface area contributed by atoms with Crippen molar-refractivity contribution in [2.24, 2.45) is 0 Å². The van der Waals surface area contributed by atoms with E-state index >= 15 is 0 Å². The molecule has 1 aliphatic carbocycles. The van der Waals surface area contributed by atoms with Crippen molar-refractivity contribution in [2.45, 2.75) is 45.6 Å². The highest BCUT2D eigenvalue weighted by Crippen LogP contribution is 2.33. The summed E-state index contributed by atoms with van der Waals surface area (Å²) in [6.07, 6.45) is 3.52. The smallest absolute Gasteiger partial charge is 0.258 e. The minimum Gasteiger partial charge on any atom is -0.349 e. The SMILES string of the molecule is Cc1c(F)cc(C(=O)NC2CC2)cc1-c1ccc(C(C)C)cc1C(=O)Nc1nccs1. The number of nitrogens with zero attached hydrogens (tertiary/aromatic N) is 1. The second kappa shape index (κ2) is 8.59. The van der Waals surface area contributed by atoms with Crippen molar-refractivity contribution in [3.05, 3.63) is 70.0 Å². The molecule has 7 heteroatoms.